The molecule has 1 unspecified atom stereocenters. The summed E-state index contributed by atoms with van der Waals surface area (Å²) in [4.78, 5) is 29.9. The van der Waals surface area contributed by atoms with Crippen molar-refractivity contribution in [3.8, 4) is 0 Å². The smallest absolute Gasteiger partial charge is 0.252 e. The molecule has 5 heteroatoms. The van der Waals surface area contributed by atoms with Gasteiger partial charge in [0.2, 0.25) is 5.91 Å². The molecule has 2 amide bonds. The van der Waals surface area contributed by atoms with E-state index in [0.717, 1.165) is 37.2 Å². The summed E-state index contributed by atoms with van der Waals surface area (Å²) in [7, 11) is 0. The molecule has 148 valence electrons. The Balaban J connectivity index is 1.75. The summed E-state index contributed by atoms with van der Waals surface area (Å²) < 4.78 is 0. The van der Waals surface area contributed by atoms with E-state index in [1.54, 1.807) is 0 Å². The third-order valence-corrected chi connectivity index (χ3v) is 6.15. The van der Waals surface area contributed by atoms with Gasteiger partial charge in [0, 0.05) is 26.1 Å². The van der Waals surface area contributed by atoms with Crippen LogP contribution in [0.5, 0.6) is 0 Å². The van der Waals surface area contributed by atoms with E-state index >= 15 is 0 Å². The Bertz CT molecular complexity index is 680. The highest BCUT2D eigenvalue weighted by molar-refractivity contribution is 6.08. The SMILES string of the molecule is CCCCN1C(=O)C2(CCN(C(=O)CC(C)CC)CC2)Nc2ccccc21. The van der Waals surface area contributed by atoms with Crippen molar-refractivity contribution in [1.82, 2.24) is 4.90 Å². The first-order chi connectivity index (χ1) is 13.0. The Labute approximate surface area is 163 Å². The second-order valence-corrected chi connectivity index (χ2v) is 8.13. The molecule has 1 saturated heterocycles. The number of para-hydroxylation sites is 2. The Morgan fingerprint density at radius 3 is 2.59 bits per heavy atom. The number of nitrogens with zero attached hydrogens (tertiary/aromatic N) is 2. The van der Waals surface area contributed by atoms with Crippen molar-refractivity contribution in [2.45, 2.75) is 64.8 Å². The molecule has 0 aromatic heterocycles. The fraction of sp³-hybridized carbons (Fsp3) is 0.636. The maximum Gasteiger partial charge on any atom is 0.252 e. The molecule has 27 heavy (non-hydrogen) atoms. The number of amides is 2. The maximum atomic E-state index is 13.4. The molecule has 0 bridgehead atoms. The molecule has 1 aromatic rings. The van der Waals surface area contributed by atoms with Crippen LogP contribution >= 0.6 is 0 Å². The number of nitrogens with one attached hydrogen (secondary N) is 1. The highest BCUT2D eigenvalue weighted by atomic mass is 16.2. The first kappa shape index (κ1) is 19.7. The number of fused-ring (bicyclic) bond motifs is 1. The van der Waals surface area contributed by atoms with Crippen molar-refractivity contribution in [3.63, 3.8) is 0 Å². The van der Waals surface area contributed by atoms with Crippen molar-refractivity contribution in [3.05, 3.63) is 24.3 Å². The van der Waals surface area contributed by atoms with Gasteiger partial charge < -0.3 is 15.1 Å². The van der Waals surface area contributed by atoms with E-state index in [1.807, 2.05) is 28.0 Å². The fourth-order valence-electron chi connectivity index (χ4n) is 4.08. The summed E-state index contributed by atoms with van der Waals surface area (Å²) in [5.41, 5.74) is 1.44. The van der Waals surface area contributed by atoms with Gasteiger partial charge in [-0.25, -0.2) is 0 Å². The van der Waals surface area contributed by atoms with Crippen molar-refractivity contribution in [1.29, 1.82) is 0 Å². The quantitative estimate of drug-likeness (QED) is 0.821. The Morgan fingerprint density at radius 2 is 1.93 bits per heavy atom. The number of hydrogen-bond donors (Lipinski definition) is 1. The van der Waals surface area contributed by atoms with Gasteiger partial charge in [-0.2, -0.15) is 0 Å². The lowest BCUT2D eigenvalue weighted by Gasteiger charge is -2.48. The van der Waals surface area contributed by atoms with Crippen LogP contribution in [0.1, 0.15) is 59.3 Å². The molecule has 3 rings (SSSR count). The number of anilines is 2. The number of benzene rings is 1. The molecule has 0 aliphatic carbocycles. The number of carbonyl (C=O) groups is 2. The predicted molar refractivity (Wildman–Crippen MR) is 110 cm³/mol. The standard InChI is InChI=1S/C22H33N3O2/c1-4-6-13-25-19-10-8-7-9-18(19)23-22(21(25)27)11-14-24(15-12-22)20(26)16-17(3)5-2/h7-10,17,23H,4-6,11-16H2,1-3H3. The first-order valence-electron chi connectivity index (χ1n) is 10.5. The highest BCUT2D eigenvalue weighted by Gasteiger charge is 2.47. The zero-order chi connectivity index (χ0) is 19.4. The minimum absolute atomic E-state index is 0.170. The van der Waals surface area contributed by atoms with Gasteiger partial charge in [-0.05, 0) is 37.3 Å². The fourth-order valence-corrected chi connectivity index (χ4v) is 4.08. The van der Waals surface area contributed by atoms with E-state index in [9.17, 15) is 9.59 Å². The summed E-state index contributed by atoms with van der Waals surface area (Å²) >= 11 is 0. The summed E-state index contributed by atoms with van der Waals surface area (Å²) in [5.74, 6) is 0.814. The summed E-state index contributed by atoms with van der Waals surface area (Å²) in [6, 6.07) is 8.08. The van der Waals surface area contributed by atoms with E-state index in [1.165, 1.54) is 0 Å². The second-order valence-electron chi connectivity index (χ2n) is 8.13. The molecule has 2 aliphatic heterocycles. The molecular weight excluding hydrogens is 338 g/mol. The average Bonchev–Trinajstić information content (AvgIpc) is 2.69. The van der Waals surface area contributed by atoms with E-state index in [2.05, 4.69) is 32.2 Å². The van der Waals surface area contributed by atoms with Gasteiger partial charge in [0.05, 0.1) is 11.4 Å². The monoisotopic (exact) mass is 371 g/mol. The second kappa shape index (κ2) is 8.32. The molecular formula is C22H33N3O2. The van der Waals surface area contributed by atoms with Crippen molar-refractivity contribution in [2.75, 3.05) is 29.9 Å². The van der Waals surface area contributed by atoms with Crippen LogP contribution in [0.4, 0.5) is 11.4 Å². The third-order valence-electron chi connectivity index (χ3n) is 6.15. The van der Waals surface area contributed by atoms with Gasteiger partial charge >= 0.3 is 0 Å². The Hall–Kier alpha value is -2.04. The Morgan fingerprint density at radius 1 is 1.22 bits per heavy atom. The molecule has 2 aliphatic rings. The number of piperidine rings is 1. The van der Waals surface area contributed by atoms with Crippen LogP contribution in [-0.2, 0) is 9.59 Å². The van der Waals surface area contributed by atoms with Gasteiger partial charge in [-0.3, -0.25) is 9.59 Å². The van der Waals surface area contributed by atoms with Gasteiger partial charge in [-0.15, -0.1) is 0 Å². The van der Waals surface area contributed by atoms with E-state index < -0.39 is 5.54 Å². The van der Waals surface area contributed by atoms with Crippen LogP contribution in [0.25, 0.3) is 0 Å². The van der Waals surface area contributed by atoms with E-state index in [-0.39, 0.29) is 11.8 Å². The lowest BCUT2D eigenvalue weighted by atomic mass is 9.83. The first-order valence-corrected chi connectivity index (χ1v) is 10.5. The molecule has 1 N–H and O–H groups in total. The minimum atomic E-state index is -0.574. The topological polar surface area (TPSA) is 52.7 Å². The Kier molecular flexibility index (Phi) is 6.08. The zero-order valence-electron chi connectivity index (χ0n) is 17.0. The summed E-state index contributed by atoms with van der Waals surface area (Å²) in [6.07, 6.45) is 5.03. The molecule has 1 fully saturated rings. The number of hydrogen-bond acceptors (Lipinski definition) is 3. The van der Waals surface area contributed by atoms with Gasteiger partial charge in [-0.1, -0.05) is 45.7 Å². The molecule has 0 saturated carbocycles. The van der Waals surface area contributed by atoms with Gasteiger partial charge in [0.25, 0.3) is 5.91 Å². The van der Waals surface area contributed by atoms with Crippen molar-refractivity contribution in [2.24, 2.45) is 5.92 Å². The molecule has 1 aromatic carbocycles. The van der Waals surface area contributed by atoms with Crippen LogP contribution in [0.2, 0.25) is 0 Å². The lowest BCUT2D eigenvalue weighted by molar-refractivity contribution is -0.136. The largest absolute Gasteiger partial charge is 0.369 e. The molecule has 1 atom stereocenters. The normalized spacial score (nSPS) is 19.6. The molecule has 1 spiro atoms. The minimum Gasteiger partial charge on any atom is -0.369 e. The lowest BCUT2D eigenvalue weighted by Crippen LogP contribution is -2.62. The predicted octanol–water partition coefficient (Wildman–Crippen LogP) is 4.04. The maximum absolute atomic E-state index is 13.4. The van der Waals surface area contributed by atoms with Crippen LogP contribution < -0.4 is 10.2 Å². The number of unbranched alkanes of at least 4 members (excludes halogenated alkanes) is 1. The van der Waals surface area contributed by atoms with Gasteiger partial charge in [0.1, 0.15) is 5.54 Å². The summed E-state index contributed by atoms with van der Waals surface area (Å²) in [6.45, 7) is 8.45. The van der Waals surface area contributed by atoms with Crippen LogP contribution in [-0.4, -0.2) is 41.9 Å². The average molecular weight is 372 g/mol. The van der Waals surface area contributed by atoms with Crippen LogP contribution in [0, 0.1) is 5.92 Å². The third kappa shape index (κ3) is 3.97. The summed E-state index contributed by atoms with van der Waals surface area (Å²) in [5, 5.41) is 3.55. The van der Waals surface area contributed by atoms with Gasteiger partial charge in [0.15, 0.2) is 0 Å². The molecule has 2 heterocycles. The zero-order valence-corrected chi connectivity index (χ0v) is 17.0. The van der Waals surface area contributed by atoms with Crippen molar-refractivity contribution < 1.29 is 9.59 Å². The van der Waals surface area contributed by atoms with Crippen LogP contribution in [0.15, 0.2) is 24.3 Å². The number of carbonyl (C=O) groups excluding carboxylic acids is 2. The molecule has 0 radical (unpaired) electrons. The molecule has 5 nitrogen and oxygen atoms in total. The van der Waals surface area contributed by atoms with Crippen LogP contribution in [0.3, 0.4) is 0 Å². The van der Waals surface area contributed by atoms with E-state index in [4.69, 9.17) is 0 Å². The highest BCUT2D eigenvalue weighted by Crippen LogP contribution is 2.40. The van der Waals surface area contributed by atoms with Crippen molar-refractivity contribution >= 4 is 23.2 Å². The van der Waals surface area contributed by atoms with E-state index in [0.29, 0.717) is 38.3 Å². The number of rotatable bonds is 6. The number of likely N-dealkylation sites (tertiary alicyclic amines) is 1.